The van der Waals surface area contributed by atoms with Crippen molar-refractivity contribution < 1.29 is 9.53 Å². The molecule has 2 heterocycles. The Kier molecular flexibility index (Phi) is 5.26. The van der Waals surface area contributed by atoms with Crippen LogP contribution in [-0.2, 0) is 4.79 Å². The van der Waals surface area contributed by atoms with Crippen LogP contribution in [0.2, 0.25) is 10.0 Å². The maximum atomic E-state index is 12.4. The third-order valence-electron chi connectivity index (χ3n) is 4.11. The first kappa shape index (κ1) is 18.8. The van der Waals surface area contributed by atoms with Gasteiger partial charge in [0.15, 0.2) is 11.1 Å². The van der Waals surface area contributed by atoms with Crippen LogP contribution in [0.3, 0.4) is 0 Å². The molecule has 28 heavy (non-hydrogen) atoms. The summed E-state index contributed by atoms with van der Waals surface area (Å²) in [5, 5.41) is 5.69. The molecule has 0 aliphatic rings. The Bertz CT molecular complexity index is 1110. The number of amides is 1. The van der Waals surface area contributed by atoms with E-state index in [9.17, 15) is 4.79 Å². The van der Waals surface area contributed by atoms with Crippen molar-refractivity contribution in [2.24, 2.45) is 0 Å². The van der Waals surface area contributed by atoms with Gasteiger partial charge in [-0.1, -0.05) is 35.3 Å². The van der Waals surface area contributed by atoms with Crippen LogP contribution in [-0.4, -0.2) is 21.4 Å². The van der Waals surface area contributed by atoms with Crippen molar-refractivity contribution in [2.75, 3.05) is 5.32 Å². The maximum Gasteiger partial charge on any atom is 0.265 e. The van der Waals surface area contributed by atoms with Crippen molar-refractivity contribution in [1.29, 1.82) is 0 Å². The van der Waals surface area contributed by atoms with E-state index in [0.29, 0.717) is 21.5 Å². The molecule has 2 aromatic carbocycles. The van der Waals surface area contributed by atoms with E-state index in [-0.39, 0.29) is 5.91 Å². The molecule has 142 valence electrons. The second kappa shape index (κ2) is 7.83. The van der Waals surface area contributed by atoms with Gasteiger partial charge in [0.2, 0.25) is 0 Å². The maximum absolute atomic E-state index is 12.4. The third kappa shape index (κ3) is 3.99. The van der Waals surface area contributed by atoms with Crippen molar-refractivity contribution in [2.45, 2.75) is 13.0 Å². The monoisotopic (exact) mass is 431 g/mol. The van der Waals surface area contributed by atoms with Gasteiger partial charge >= 0.3 is 0 Å². The predicted molar refractivity (Wildman–Crippen MR) is 114 cm³/mol. The summed E-state index contributed by atoms with van der Waals surface area (Å²) in [5.74, 6) is 0.130. The van der Waals surface area contributed by atoms with Crippen LogP contribution in [0.1, 0.15) is 6.92 Å². The number of halogens is 2. The van der Waals surface area contributed by atoms with Gasteiger partial charge in [-0.15, -0.1) is 11.3 Å². The van der Waals surface area contributed by atoms with Gasteiger partial charge < -0.3 is 10.1 Å². The number of anilines is 1. The molecule has 4 aromatic rings. The van der Waals surface area contributed by atoms with Crippen molar-refractivity contribution in [3.8, 4) is 17.0 Å². The number of hydrogen-bond donors (Lipinski definition) is 1. The zero-order chi connectivity index (χ0) is 19.7. The molecule has 0 spiro atoms. The van der Waals surface area contributed by atoms with Gasteiger partial charge in [-0.05, 0) is 37.3 Å². The molecule has 0 saturated carbocycles. The fourth-order valence-corrected chi connectivity index (χ4v) is 3.80. The first-order valence-electron chi connectivity index (χ1n) is 8.45. The molecule has 0 saturated heterocycles. The van der Waals surface area contributed by atoms with Crippen LogP contribution in [0.25, 0.3) is 16.2 Å². The van der Waals surface area contributed by atoms with Gasteiger partial charge in [-0.25, -0.2) is 4.98 Å². The van der Waals surface area contributed by atoms with Gasteiger partial charge in [0.25, 0.3) is 5.91 Å². The van der Waals surface area contributed by atoms with Crippen molar-refractivity contribution in [3.63, 3.8) is 0 Å². The molecule has 0 aliphatic heterocycles. The average Bonchev–Trinajstić information content (AvgIpc) is 3.26. The standard InChI is InChI=1S/C20H15Cl2N3O2S/c1-12(27-18-7-4-14(21)10-16(18)22)19(26)23-15-5-2-13(3-6-15)17-11-25-8-9-28-20(25)24-17/h2-12H,1H3,(H,23,26). The largest absolute Gasteiger partial charge is 0.479 e. The lowest BCUT2D eigenvalue weighted by Gasteiger charge is -2.16. The minimum atomic E-state index is -0.724. The van der Waals surface area contributed by atoms with E-state index in [2.05, 4.69) is 10.3 Å². The Hall–Kier alpha value is -2.54. The Balaban J connectivity index is 1.41. The fraction of sp³-hybridized carbons (Fsp3) is 0.100. The van der Waals surface area contributed by atoms with Crippen LogP contribution in [0, 0.1) is 0 Å². The quantitative estimate of drug-likeness (QED) is 0.435. The normalized spacial score (nSPS) is 12.1. The number of ether oxygens (including phenoxy) is 1. The lowest BCUT2D eigenvalue weighted by Crippen LogP contribution is -2.30. The summed E-state index contributed by atoms with van der Waals surface area (Å²) in [6, 6.07) is 12.4. The van der Waals surface area contributed by atoms with E-state index in [1.54, 1.807) is 36.5 Å². The molecule has 1 atom stereocenters. The SMILES string of the molecule is CC(Oc1ccc(Cl)cc1Cl)C(=O)Nc1ccc(-c2cn3ccsc3n2)cc1. The van der Waals surface area contributed by atoms with Gasteiger partial charge in [0, 0.05) is 34.0 Å². The number of carbonyl (C=O) groups excluding carboxylic acids is 1. The lowest BCUT2D eigenvalue weighted by atomic mass is 10.1. The summed E-state index contributed by atoms with van der Waals surface area (Å²) in [6.07, 6.45) is 3.23. The van der Waals surface area contributed by atoms with Crippen molar-refractivity contribution in [3.05, 3.63) is 70.3 Å². The Morgan fingerprint density at radius 2 is 2.00 bits per heavy atom. The molecule has 4 rings (SSSR count). The number of benzene rings is 2. The smallest absolute Gasteiger partial charge is 0.265 e. The van der Waals surface area contributed by atoms with E-state index >= 15 is 0 Å². The molecule has 0 bridgehead atoms. The number of rotatable bonds is 5. The fourth-order valence-electron chi connectivity index (χ4n) is 2.65. The van der Waals surface area contributed by atoms with Crippen LogP contribution in [0.4, 0.5) is 5.69 Å². The van der Waals surface area contributed by atoms with Gasteiger partial charge in [0.1, 0.15) is 5.75 Å². The summed E-state index contributed by atoms with van der Waals surface area (Å²) < 4.78 is 7.62. The summed E-state index contributed by atoms with van der Waals surface area (Å²) in [7, 11) is 0. The molecule has 0 aliphatic carbocycles. The highest BCUT2D eigenvalue weighted by atomic mass is 35.5. The number of imidazole rings is 1. The van der Waals surface area contributed by atoms with Gasteiger partial charge in [0.05, 0.1) is 10.7 Å². The zero-order valence-electron chi connectivity index (χ0n) is 14.7. The first-order chi connectivity index (χ1) is 13.5. The van der Waals surface area contributed by atoms with Crippen LogP contribution < -0.4 is 10.1 Å². The topological polar surface area (TPSA) is 55.6 Å². The summed E-state index contributed by atoms with van der Waals surface area (Å²) in [5.41, 5.74) is 2.54. The molecule has 8 heteroatoms. The Labute approximate surface area is 175 Å². The predicted octanol–water partition coefficient (Wildman–Crippen LogP) is 5.78. The van der Waals surface area contributed by atoms with Crippen molar-refractivity contribution >= 4 is 51.1 Å². The van der Waals surface area contributed by atoms with E-state index < -0.39 is 6.10 Å². The Morgan fingerprint density at radius 3 is 2.71 bits per heavy atom. The Morgan fingerprint density at radius 1 is 1.21 bits per heavy atom. The van der Waals surface area contributed by atoms with E-state index in [1.165, 1.54) is 0 Å². The number of fused-ring (bicyclic) bond motifs is 1. The first-order valence-corrected chi connectivity index (χ1v) is 10.1. The second-order valence-electron chi connectivity index (χ2n) is 6.12. The highest BCUT2D eigenvalue weighted by Crippen LogP contribution is 2.28. The highest BCUT2D eigenvalue weighted by Gasteiger charge is 2.16. The average molecular weight is 432 g/mol. The molecule has 1 N–H and O–H groups in total. The highest BCUT2D eigenvalue weighted by molar-refractivity contribution is 7.15. The molecule has 1 unspecified atom stereocenters. The number of nitrogens with one attached hydrogen (secondary N) is 1. The third-order valence-corrected chi connectivity index (χ3v) is 5.41. The number of nitrogens with zero attached hydrogens (tertiary/aromatic N) is 2. The van der Waals surface area contributed by atoms with Gasteiger partial charge in [-0.3, -0.25) is 9.20 Å². The number of aromatic nitrogens is 2. The molecule has 1 amide bonds. The van der Waals surface area contributed by atoms with E-state index in [0.717, 1.165) is 16.2 Å². The van der Waals surface area contributed by atoms with Crippen LogP contribution >= 0.6 is 34.5 Å². The van der Waals surface area contributed by atoms with E-state index in [1.807, 2.05) is 46.4 Å². The molecule has 5 nitrogen and oxygen atoms in total. The van der Waals surface area contributed by atoms with Gasteiger partial charge in [-0.2, -0.15) is 0 Å². The number of hydrogen-bond acceptors (Lipinski definition) is 4. The second-order valence-corrected chi connectivity index (χ2v) is 7.84. The molecule has 0 radical (unpaired) electrons. The summed E-state index contributed by atoms with van der Waals surface area (Å²) in [4.78, 5) is 17.9. The summed E-state index contributed by atoms with van der Waals surface area (Å²) in [6.45, 7) is 1.66. The summed E-state index contributed by atoms with van der Waals surface area (Å²) >= 11 is 13.5. The number of carbonyl (C=O) groups is 1. The molecule has 2 aromatic heterocycles. The van der Waals surface area contributed by atoms with Crippen molar-refractivity contribution in [1.82, 2.24) is 9.38 Å². The molecule has 0 fully saturated rings. The number of thiazole rings is 1. The molecular formula is C20H15Cl2N3O2S. The molecular weight excluding hydrogens is 417 g/mol. The minimum absolute atomic E-state index is 0.277. The zero-order valence-corrected chi connectivity index (χ0v) is 17.1. The minimum Gasteiger partial charge on any atom is -0.479 e. The van der Waals surface area contributed by atoms with Crippen LogP contribution in [0.5, 0.6) is 5.75 Å². The van der Waals surface area contributed by atoms with E-state index in [4.69, 9.17) is 27.9 Å². The lowest BCUT2D eigenvalue weighted by molar-refractivity contribution is -0.122. The van der Waals surface area contributed by atoms with Crippen LogP contribution in [0.15, 0.2) is 60.2 Å².